The lowest BCUT2D eigenvalue weighted by Gasteiger charge is -2.19. The first-order valence-corrected chi connectivity index (χ1v) is 13.3. The lowest BCUT2D eigenvalue weighted by Crippen LogP contribution is -2.22. The molecule has 0 aliphatic rings. The number of amides is 1. The normalized spacial score (nSPS) is 11.9. The zero-order valence-electron chi connectivity index (χ0n) is 23.6. The third kappa shape index (κ3) is 6.73. The van der Waals surface area contributed by atoms with Gasteiger partial charge in [-0.25, -0.2) is 0 Å². The number of aryl methyl sites for hydroxylation is 2. The quantitative estimate of drug-likeness (QED) is 0.233. The molecular formula is C32H32F3NO5. The molecule has 0 atom stereocenters. The molecule has 0 saturated heterocycles. The van der Waals surface area contributed by atoms with Crippen LogP contribution in [0.2, 0.25) is 0 Å². The predicted octanol–water partition coefficient (Wildman–Crippen LogP) is 8.04. The second-order valence-electron chi connectivity index (χ2n) is 10.6. The van der Waals surface area contributed by atoms with E-state index in [2.05, 4.69) is 5.32 Å². The molecule has 0 bridgehead atoms. The Bertz CT molecular complexity index is 1590. The molecule has 1 amide bonds. The lowest BCUT2D eigenvalue weighted by atomic mass is 9.87. The fourth-order valence-electron chi connectivity index (χ4n) is 4.39. The summed E-state index contributed by atoms with van der Waals surface area (Å²) in [5.74, 6) is -2.82. The van der Waals surface area contributed by atoms with Gasteiger partial charge >= 0.3 is 6.18 Å². The Morgan fingerprint density at radius 1 is 0.902 bits per heavy atom. The number of rotatable bonds is 8. The Balaban J connectivity index is 1.59. The molecule has 0 aliphatic carbocycles. The lowest BCUT2D eigenvalue weighted by molar-refractivity contribution is -0.154. The van der Waals surface area contributed by atoms with Gasteiger partial charge in [0.2, 0.25) is 11.2 Å². The van der Waals surface area contributed by atoms with E-state index in [0.29, 0.717) is 0 Å². The maximum atomic E-state index is 14.0. The fourth-order valence-corrected chi connectivity index (χ4v) is 4.39. The number of hydrogen-bond acceptors (Lipinski definition) is 5. The summed E-state index contributed by atoms with van der Waals surface area (Å²) in [7, 11) is 0. The number of ether oxygens (including phenoxy) is 2. The molecule has 4 rings (SSSR count). The minimum atomic E-state index is -5.01. The molecule has 9 heteroatoms. The molecule has 0 spiro atoms. The zero-order valence-corrected chi connectivity index (χ0v) is 23.6. The van der Waals surface area contributed by atoms with Crippen LogP contribution in [-0.4, -0.2) is 12.5 Å². The van der Waals surface area contributed by atoms with Crippen LogP contribution in [0, 0.1) is 0 Å². The number of benzene rings is 3. The average molecular weight is 568 g/mol. The average Bonchev–Trinajstić information content (AvgIpc) is 2.92. The third-order valence-corrected chi connectivity index (χ3v) is 6.65. The van der Waals surface area contributed by atoms with Gasteiger partial charge in [0.15, 0.2) is 6.61 Å². The number of para-hydroxylation sites is 1. The monoisotopic (exact) mass is 567 g/mol. The molecule has 1 N–H and O–H groups in total. The number of anilines is 1. The molecule has 41 heavy (non-hydrogen) atoms. The Hall–Kier alpha value is -4.27. The van der Waals surface area contributed by atoms with Crippen molar-refractivity contribution in [3.05, 3.63) is 93.3 Å². The number of carbonyl (C=O) groups excluding carboxylic acids is 1. The fraction of sp³-hybridized carbons (Fsp3) is 0.312. The smallest absolute Gasteiger partial charge is 0.453 e. The molecule has 0 saturated carbocycles. The molecule has 216 valence electrons. The molecule has 4 aromatic rings. The Labute approximate surface area is 236 Å². The highest BCUT2D eigenvalue weighted by Crippen LogP contribution is 2.39. The van der Waals surface area contributed by atoms with Crippen LogP contribution in [0.3, 0.4) is 0 Å². The van der Waals surface area contributed by atoms with Crippen LogP contribution in [-0.2, 0) is 29.2 Å². The number of fused-ring (bicyclic) bond motifs is 1. The van der Waals surface area contributed by atoms with Gasteiger partial charge in [0.05, 0.1) is 5.39 Å². The standard InChI is InChI=1S/C32H32F3NO5/c1-6-19-9-8-10-20(7-2)27(19)36-26(37)18-39-23-15-16-24-25(17-23)41-30(32(33,34)35)29(28(24)38)40-22-13-11-21(12-14-22)31(3,4)5/h8-17H,6-7,18H2,1-5H3,(H,36,37). The second kappa shape index (κ2) is 11.7. The molecule has 6 nitrogen and oxygen atoms in total. The summed E-state index contributed by atoms with van der Waals surface area (Å²) in [6.45, 7) is 9.58. The van der Waals surface area contributed by atoms with Gasteiger partial charge in [-0.05, 0) is 59.2 Å². The van der Waals surface area contributed by atoms with Gasteiger partial charge in [0, 0.05) is 11.8 Å². The van der Waals surface area contributed by atoms with E-state index in [-0.39, 0.29) is 27.9 Å². The minimum absolute atomic E-state index is 0.0647. The van der Waals surface area contributed by atoms with Crippen molar-refractivity contribution in [1.82, 2.24) is 0 Å². The Kier molecular flexibility index (Phi) is 8.47. The van der Waals surface area contributed by atoms with Crippen LogP contribution in [0.4, 0.5) is 18.9 Å². The van der Waals surface area contributed by atoms with Crippen LogP contribution in [0.1, 0.15) is 57.1 Å². The number of halogens is 3. The van der Waals surface area contributed by atoms with E-state index in [1.807, 2.05) is 52.8 Å². The summed E-state index contributed by atoms with van der Waals surface area (Å²) in [5, 5.41) is 2.74. The van der Waals surface area contributed by atoms with E-state index in [4.69, 9.17) is 13.9 Å². The van der Waals surface area contributed by atoms with Crippen molar-refractivity contribution < 1.29 is 31.9 Å². The SMILES string of the molecule is CCc1cccc(CC)c1NC(=O)COc1ccc2c(=O)c(Oc3ccc(C(C)(C)C)cc3)c(C(F)(F)F)oc2c1. The summed E-state index contributed by atoms with van der Waals surface area (Å²) < 4.78 is 58.0. The Morgan fingerprint density at radius 3 is 2.07 bits per heavy atom. The second-order valence-corrected chi connectivity index (χ2v) is 10.6. The van der Waals surface area contributed by atoms with Crippen molar-refractivity contribution in [1.29, 1.82) is 0 Å². The summed E-state index contributed by atoms with van der Waals surface area (Å²) in [4.78, 5) is 25.8. The van der Waals surface area contributed by atoms with Gasteiger partial charge in [-0.2, -0.15) is 13.2 Å². The van der Waals surface area contributed by atoms with Crippen molar-refractivity contribution in [2.45, 2.75) is 59.1 Å². The van der Waals surface area contributed by atoms with E-state index in [1.54, 1.807) is 12.1 Å². The highest BCUT2D eigenvalue weighted by Gasteiger charge is 2.40. The van der Waals surface area contributed by atoms with Crippen molar-refractivity contribution >= 4 is 22.6 Å². The van der Waals surface area contributed by atoms with E-state index < -0.39 is 35.6 Å². The van der Waals surface area contributed by atoms with E-state index in [0.717, 1.165) is 41.3 Å². The van der Waals surface area contributed by atoms with Crippen LogP contribution < -0.4 is 20.2 Å². The number of hydrogen-bond donors (Lipinski definition) is 1. The van der Waals surface area contributed by atoms with Crippen LogP contribution in [0.5, 0.6) is 17.2 Å². The van der Waals surface area contributed by atoms with Crippen LogP contribution >= 0.6 is 0 Å². The predicted molar refractivity (Wildman–Crippen MR) is 152 cm³/mol. The molecular weight excluding hydrogens is 535 g/mol. The molecule has 1 heterocycles. The van der Waals surface area contributed by atoms with Crippen LogP contribution in [0.25, 0.3) is 11.0 Å². The topological polar surface area (TPSA) is 77.8 Å². The van der Waals surface area contributed by atoms with E-state index in [1.165, 1.54) is 24.3 Å². The van der Waals surface area contributed by atoms with Gasteiger partial charge in [0.1, 0.15) is 17.1 Å². The first kappa shape index (κ1) is 29.7. The molecule has 0 unspecified atom stereocenters. The molecule has 0 radical (unpaired) electrons. The van der Waals surface area contributed by atoms with Crippen molar-refractivity contribution in [3.8, 4) is 17.2 Å². The van der Waals surface area contributed by atoms with E-state index >= 15 is 0 Å². The third-order valence-electron chi connectivity index (χ3n) is 6.65. The molecule has 0 aliphatic heterocycles. The van der Waals surface area contributed by atoms with Crippen molar-refractivity contribution in [2.75, 3.05) is 11.9 Å². The van der Waals surface area contributed by atoms with Gasteiger partial charge < -0.3 is 19.2 Å². The first-order valence-electron chi connectivity index (χ1n) is 13.3. The largest absolute Gasteiger partial charge is 0.484 e. The summed E-state index contributed by atoms with van der Waals surface area (Å²) >= 11 is 0. The van der Waals surface area contributed by atoms with E-state index in [9.17, 15) is 22.8 Å². The number of carbonyl (C=O) groups is 1. The van der Waals surface area contributed by atoms with Crippen LogP contribution in [0.15, 0.2) is 69.9 Å². The Morgan fingerprint density at radius 2 is 1.51 bits per heavy atom. The summed E-state index contributed by atoms with van der Waals surface area (Å²) in [6, 6.07) is 16.1. The summed E-state index contributed by atoms with van der Waals surface area (Å²) in [6.07, 6.45) is -3.55. The van der Waals surface area contributed by atoms with Crippen molar-refractivity contribution in [3.63, 3.8) is 0 Å². The summed E-state index contributed by atoms with van der Waals surface area (Å²) in [5.41, 5.74) is 2.14. The maximum absolute atomic E-state index is 14.0. The van der Waals surface area contributed by atoms with Gasteiger partial charge in [-0.3, -0.25) is 9.59 Å². The zero-order chi connectivity index (χ0) is 29.9. The molecule has 3 aromatic carbocycles. The number of nitrogens with one attached hydrogen (secondary N) is 1. The number of alkyl halides is 3. The van der Waals surface area contributed by atoms with Gasteiger partial charge in [-0.1, -0.05) is 65.0 Å². The molecule has 0 fully saturated rings. The highest BCUT2D eigenvalue weighted by atomic mass is 19.4. The van der Waals surface area contributed by atoms with Crippen molar-refractivity contribution in [2.24, 2.45) is 0 Å². The van der Waals surface area contributed by atoms with Gasteiger partial charge in [-0.15, -0.1) is 0 Å². The van der Waals surface area contributed by atoms with Gasteiger partial charge in [0.25, 0.3) is 11.7 Å². The minimum Gasteiger partial charge on any atom is -0.484 e. The maximum Gasteiger partial charge on any atom is 0.453 e. The highest BCUT2D eigenvalue weighted by molar-refractivity contribution is 5.93. The molecule has 1 aromatic heterocycles. The first-order chi connectivity index (χ1) is 19.3.